The van der Waals surface area contributed by atoms with Crippen molar-refractivity contribution >= 4 is 11.0 Å². The van der Waals surface area contributed by atoms with Gasteiger partial charge in [0.05, 0.1) is 18.7 Å². The number of hydrogen-bond donors (Lipinski definition) is 1. The zero-order valence-electron chi connectivity index (χ0n) is 27.9. The summed E-state index contributed by atoms with van der Waals surface area (Å²) in [5.74, 6) is 3.87. The molecule has 7 heteroatoms. The smallest absolute Gasteiger partial charge is 0.150 e. The molecule has 4 rings (SSSR count). The molecule has 0 aliphatic rings. The topological polar surface area (TPSA) is 62.9 Å². The van der Waals surface area contributed by atoms with Crippen LogP contribution in [0.2, 0.25) is 0 Å². The Morgan fingerprint density at radius 1 is 0.705 bits per heavy atom. The fourth-order valence-corrected chi connectivity index (χ4v) is 5.28. The molecule has 0 aliphatic heterocycles. The van der Waals surface area contributed by atoms with Crippen molar-refractivity contribution in [2.75, 3.05) is 52.5 Å². The van der Waals surface area contributed by atoms with Gasteiger partial charge in [0.15, 0.2) is 5.75 Å². The molecule has 7 nitrogen and oxygen atoms in total. The van der Waals surface area contributed by atoms with Crippen molar-refractivity contribution in [1.29, 1.82) is 0 Å². The van der Waals surface area contributed by atoms with E-state index in [0.29, 0.717) is 13.2 Å². The fourth-order valence-electron chi connectivity index (χ4n) is 5.28. The van der Waals surface area contributed by atoms with E-state index in [-0.39, 0.29) is 5.41 Å². The second-order valence-electron chi connectivity index (χ2n) is 12.3. The van der Waals surface area contributed by atoms with E-state index >= 15 is 0 Å². The fraction of sp³-hybridized carbons (Fsp3) is 0.486. The van der Waals surface area contributed by atoms with Crippen LogP contribution in [0, 0.1) is 0 Å². The number of H-pyrrole nitrogens is 1. The van der Waals surface area contributed by atoms with Gasteiger partial charge in [-0.2, -0.15) is 0 Å². The molecule has 0 atom stereocenters. The van der Waals surface area contributed by atoms with Crippen molar-refractivity contribution < 1.29 is 14.2 Å². The molecular formula is C37H52N4O3. The van der Waals surface area contributed by atoms with Gasteiger partial charge in [0, 0.05) is 30.8 Å². The molecule has 0 saturated heterocycles. The van der Waals surface area contributed by atoms with Crippen LogP contribution in [-0.2, 0) is 5.41 Å². The normalized spacial score (nSPS) is 11.9. The Morgan fingerprint density at radius 3 is 1.95 bits per heavy atom. The van der Waals surface area contributed by atoms with Gasteiger partial charge in [0.1, 0.15) is 28.6 Å². The van der Waals surface area contributed by atoms with Gasteiger partial charge in [-0.25, -0.2) is 4.98 Å². The predicted molar refractivity (Wildman–Crippen MR) is 183 cm³/mol. The number of nitrogens with zero attached hydrogens (tertiary/aromatic N) is 3. The van der Waals surface area contributed by atoms with E-state index in [1.54, 1.807) is 0 Å². The monoisotopic (exact) mass is 600 g/mol. The summed E-state index contributed by atoms with van der Waals surface area (Å²) in [5.41, 5.74) is 4.02. The average Bonchev–Trinajstić information content (AvgIpc) is 3.46. The zero-order valence-corrected chi connectivity index (χ0v) is 27.9. The van der Waals surface area contributed by atoms with Gasteiger partial charge in [0.25, 0.3) is 0 Å². The lowest BCUT2D eigenvalue weighted by Crippen LogP contribution is -2.25. The standard InChI is InChI=1S/C37H52N4O3/c1-8-40(9-2)21-13-23-42-32-26-33-35(34(27-32)43-24-14-22-41(10-3)11-4)39-36(38-33)28-15-12-16-31(25-28)44-30-19-17-29(18-20-30)37(5,6)7/h12,15-20,25-27H,8-11,13-14,21-24H2,1-7H3,(H,38,39). The Hall–Kier alpha value is -3.55. The highest BCUT2D eigenvalue weighted by Crippen LogP contribution is 2.34. The first-order valence-corrected chi connectivity index (χ1v) is 16.4. The SMILES string of the molecule is CCN(CC)CCCOc1cc(OCCCN(CC)CC)c2nc(-c3cccc(Oc4ccc(C(C)(C)C)cc4)c3)[nH]c2c1. The van der Waals surface area contributed by atoms with E-state index in [1.807, 2.05) is 48.5 Å². The summed E-state index contributed by atoms with van der Waals surface area (Å²) in [6.07, 6.45) is 1.92. The highest BCUT2D eigenvalue weighted by Gasteiger charge is 2.16. The predicted octanol–water partition coefficient (Wildman–Crippen LogP) is 8.54. The second kappa shape index (κ2) is 16.0. The summed E-state index contributed by atoms with van der Waals surface area (Å²) in [4.78, 5) is 13.3. The maximum atomic E-state index is 6.34. The third-order valence-electron chi connectivity index (χ3n) is 8.14. The highest BCUT2D eigenvalue weighted by molar-refractivity contribution is 5.86. The number of rotatable bonds is 17. The Morgan fingerprint density at radius 2 is 1.34 bits per heavy atom. The van der Waals surface area contributed by atoms with Crippen molar-refractivity contribution in [3.8, 4) is 34.4 Å². The van der Waals surface area contributed by atoms with E-state index in [1.165, 1.54) is 5.56 Å². The Balaban J connectivity index is 1.53. The number of nitrogens with one attached hydrogen (secondary N) is 1. The van der Waals surface area contributed by atoms with Gasteiger partial charge in [-0.15, -0.1) is 0 Å². The van der Waals surface area contributed by atoms with Crippen LogP contribution < -0.4 is 14.2 Å². The molecule has 1 heterocycles. The van der Waals surface area contributed by atoms with Crippen LogP contribution in [0.3, 0.4) is 0 Å². The van der Waals surface area contributed by atoms with Gasteiger partial charge in [-0.3, -0.25) is 0 Å². The summed E-state index contributed by atoms with van der Waals surface area (Å²) in [6, 6.07) is 20.4. The molecule has 238 valence electrons. The Labute approximate surface area is 264 Å². The maximum Gasteiger partial charge on any atom is 0.150 e. The summed E-state index contributed by atoms with van der Waals surface area (Å²) in [6.45, 7) is 22.9. The van der Waals surface area contributed by atoms with Crippen LogP contribution >= 0.6 is 0 Å². The van der Waals surface area contributed by atoms with E-state index in [0.717, 1.165) is 97.5 Å². The number of fused-ring (bicyclic) bond motifs is 1. The third-order valence-corrected chi connectivity index (χ3v) is 8.14. The number of imidazole rings is 1. The minimum absolute atomic E-state index is 0.101. The van der Waals surface area contributed by atoms with E-state index < -0.39 is 0 Å². The van der Waals surface area contributed by atoms with Gasteiger partial charge >= 0.3 is 0 Å². The molecule has 0 fully saturated rings. The van der Waals surface area contributed by atoms with Crippen molar-refractivity contribution in [1.82, 2.24) is 19.8 Å². The van der Waals surface area contributed by atoms with E-state index in [4.69, 9.17) is 19.2 Å². The van der Waals surface area contributed by atoms with Crippen LogP contribution in [0.1, 0.15) is 66.9 Å². The van der Waals surface area contributed by atoms with Crippen molar-refractivity contribution in [3.63, 3.8) is 0 Å². The average molecular weight is 601 g/mol. The quantitative estimate of drug-likeness (QED) is 0.123. The van der Waals surface area contributed by atoms with Crippen molar-refractivity contribution in [2.45, 2.75) is 66.7 Å². The molecule has 0 unspecified atom stereocenters. The molecule has 0 saturated carbocycles. The summed E-state index contributed by atoms with van der Waals surface area (Å²) >= 11 is 0. The molecule has 0 radical (unpaired) electrons. The molecular weight excluding hydrogens is 548 g/mol. The lowest BCUT2D eigenvalue weighted by atomic mass is 9.87. The zero-order chi connectivity index (χ0) is 31.5. The number of aromatic amines is 1. The maximum absolute atomic E-state index is 6.34. The number of hydrogen-bond acceptors (Lipinski definition) is 6. The molecule has 0 spiro atoms. The van der Waals surface area contributed by atoms with Gasteiger partial charge in [-0.05, 0) is 74.3 Å². The third kappa shape index (κ3) is 9.23. The number of aromatic nitrogens is 2. The highest BCUT2D eigenvalue weighted by atomic mass is 16.5. The van der Waals surface area contributed by atoms with Gasteiger partial charge < -0.3 is 29.0 Å². The summed E-state index contributed by atoms with van der Waals surface area (Å²) in [5, 5.41) is 0. The minimum Gasteiger partial charge on any atom is -0.493 e. The van der Waals surface area contributed by atoms with Crippen LogP contribution in [0.15, 0.2) is 60.7 Å². The largest absolute Gasteiger partial charge is 0.493 e. The summed E-state index contributed by atoms with van der Waals surface area (Å²) in [7, 11) is 0. The Bertz CT molecular complexity index is 1430. The molecule has 0 aliphatic carbocycles. The van der Waals surface area contributed by atoms with E-state index in [2.05, 4.69) is 75.4 Å². The second-order valence-corrected chi connectivity index (χ2v) is 12.3. The number of benzene rings is 3. The van der Waals surface area contributed by atoms with Crippen molar-refractivity contribution in [2.24, 2.45) is 0 Å². The molecule has 0 bridgehead atoms. The first-order chi connectivity index (χ1) is 21.2. The van der Waals surface area contributed by atoms with E-state index in [9.17, 15) is 0 Å². The lowest BCUT2D eigenvalue weighted by molar-refractivity contribution is 0.243. The van der Waals surface area contributed by atoms with Crippen LogP contribution in [0.5, 0.6) is 23.0 Å². The molecule has 3 aromatic carbocycles. The minimum atomic E-state index is 0.101. The van der Waals surface area contributed by atoms with Gasteiger partial charge in [0.2, 0.25) is 0 Å². The van der Waals surface area contributed by atoms with Crippen LogP contribution in [0.4, 0.5) is 0 Å². The molecule has 44 heavy (non-hydrogen) atoms. The molecule has 1 N–H and O–H groups in total. The van der Waals surface area contributed by atoms with Crippen LogP contribution in [-0.4, -0.2) is 72.3 Å². The Kier molecular flexibility index (Phi) is 12.1. The first-order valence-electron chi connectivity index (χ1n) is 16.4. The van der Waals surface area contributed by atoms with Gasteiger partial charge in [-0.1, -0.05) is 72.7 Å². The first kappa shape index (κ1) is 33.3. The lowest BCUT2D eigenvalue weighted by Gasteiger charge is -2.19. The number of ether oxygens (including phenoxy) is 3. The van der Waals surface area contributed by atoms with Crippen molar-refractivity contribution in [3.05, 3.63) is 66.2 Å². The molecule has 4 aromatic rings. The molecule has 1 aromatic heterocycles. The molecule has 0 amide bonds. The van der Waals surface area contributed by atoms with Crippen LogP contribution in [0.25, 0.3) is 22.4 Å². The summed E-state index contributed by atoms with van der Waals surface area (Å²) < 4.78 is 18.8.